The number of nitrogens with one attached hydrogen (secondary N) is 3. The van der Waals surface area contributed by atoms with Gasteiger partial charge in [0.25, 0.3) is 5.91 Å². The molecular weight excluding hydrogens is 412 g/mol. The molecule has 3 aromatic heterocycles. The van der Waals surface area contributed by atoms with Crippen molar-refractivity contribution in [2.24, 2.45) is 5.92 Å². The molecule has 0 saturated heterocycles. The lowest BCUT2D eigenvalue weighted by molar-refractivity contribution is -0.117. The predicted molar refractivity (Wildman–Crippen MR) is 116 cm³/mol. The lowest BCUT2D eigenvalue weighted by Crippen LogP contribution is -2.28. The number of hydrogen-bond acceptors (Lipinski definition) is 9. The first-order chi connectivity index (χ1) is 16.6. The Morgan fingerprint density at radius 3 is 2.88 bits per heavy atom. The van der Waals surface area contributed by atoms with Crippen molar-refractivity contribution in [1.29, 1.82) is 0 Å². The summed E-state index contributed by atoms with van der Waals surface area (Å²) in [5, 5.41) is 20.0. The molecule has 12 heteroatoms. The van der Waals surface area contributed by atoms with E-state index in [2.05, 4.69) is 35.9 Å². The average molecular weight is 437 g/mol. The van der Waals surface area contributed by atoms with Crippen LogP contribution in [0.2, 0.25) is 0 Å². The smallest absolute Gasteiger partial charge is 0.273 e. The van der Waals surface area contributed by atoms with Gasteiger partial charge in [-0.05, 0) is 25.8 Å². The average Bonchev–Trinajstić information content (AvgIpc) is 3.55. The number of aromatic nitrogens is 6. The summed E-state index contributed by atoms with van der Waals surface area (Å²) >= 11 is 0. The van der Waals surface area contributed by atoms with Crippen LogP contribution in [-0.4, -0.2) is 55.8 Å². The number of carbonyl (C=O) groups excluding carboxylic acids is 2. The maximum Gasteiger partial charge on any atom is 0.273 e. The molecule has 0 unspecified atom stereocenters. The standard InChI is InChI=1S/C20H22N10O2/c1-10-23-15-9-29(3)17-12(6-7-22-18(17)30(15)28-10)24-13-8-14(25-19(31)11-4-5-11)26-27-16(13)20(32)21-2/h6-8,11H,4-5,9H2,1-3H3,(H,21,32)(H2,22,24,25,26,31)/i2D3. The van der Waals surface area contributed by atoms with Gasteiger partial charge in [-0.3, -0.25) is 9.59 Å². The van der Waals surface area contributed by atoms with E-state index < -0.39 is 12.9 Å². The maximum atomic E-state index is 12.7. The van der Waals surface area contributed by atoms with E-state index in [9.17, 15) is 9.59 Å². The molecule has 0 radical (unpaired) electrons. The fraction of sp³-hybridized carbons (Fsp3) is 0.350. The van der Waals surface area contributed by atoms with Crippen LogP contribution in [0, 0.1) is 12.8 Å². The van der Waals surface area contributed by atoms with Gasteiger partial charge in [-0.25, -0.2) is 9.97 Å². The number of pyridine rings is 1. The van der Waals surface area contributed by atoms with Crippen molar-refractivity contribution in [1.82, 2.24) is 35.3 Å². The first-order valence-electron chi connectivity index (χ1n) is 11.5. The first kappa shape index (κ1) is 16.6. The molecule has 4 heterocycles. The molecule has 0 aromatic carbocycles. The Labute approximate surface area is 187 Å². The van der Waals surface area contributed by atoms with Gasteiger partial charge in [-0.15, -0.1) is 15.3 Å². The molecule has 1 fully saturated rings. The molecule has 0 spiro atoms. The highest BCUT2D eigenvalue weighted by atomic mass is 16.2. The summed E-state index contributed by atoms with van der Waals surface area (Å²) in [6.07, 6.45) is 3.19. The van der Waals surface area contributed by atoms with Crippen molar-refractivity contribution in [2.45, 2.75) is 26.3 Å². The Hall–Kier alpha value is -4.09. The summed E-state index contributed by atoms with van der Waals surface area (Å²) < 4.78 is 23.7. The minimum atomic E-state index is -2.72. The Morgan fingerprint density at radius 2 is 2.09 bits per heavy atom. The molecule has 1 saturated carbocycles. The number of rotatable bonds is 5. The van der Waals surface area contributed by atoms with Crippen LogP contribution < -0.4 is 20.9 Å². The third-order valence-corrected chi connectivity index (χ3v) is 5.24. The normalized spacial score (nSPS) is 16.2. The Bertz CT molecular complexity index is 1340. The lowest BCUT2D eigenvalue weighted by Gasteiger charge is -2.28. The number of aryl methyl sites for hydroxylation is 1. The van der Waals surface area contributed by atoms with Gasteiger partial charge in [0.2, 0.25) is 5.91 Å². The Kier molecular flexibility index (Phi) is 3.91. The van der Waals surface area contributed by atoms with Crippen LogP contribution in [0.15, 0.2) is 18.3 Å². The molecule has 2 aliphatic rings. The maximum absolute atomic E-state index is 12.7. The molecule has 32 heavy (non-hydrogen) atoms. The third kappa shape index (κ3) is 3.49. The number of anilines is 4. The molecule has 3 N–H and O–H groups in total. The van der Waals surface area contributed by atoms with E-state index in [1.807, 2.05) is 17.3 Å². The molecule has 2 amide bonds. The highest BCUT2D eigenvalue weighted by Gasteiger charge is 2.30. The summed E-state index contributed by atoms with van der Waals surface area (Å²) in [6.45, 7) is -0.451. The predicted octanol–water partition coefficient (Wildman–Crippen LogP) is 1.16. The van der Waals surface area contributed by atoms with Crippen molar-refractivity contribution in [3.8, 4) is 5.82 Å². The van der Waals surface area contributed by atoms with E-state index in [0.29, 0.717) is 29.6 Å². The van der Waals surface area contributed by atoms with Gasteiger partial charge < -0.3 is 20.9 Å². The van der Waals surface area contributed by atoms with E-state index in [1.54, 1.807) is 23.9 Å². The van der Waals surface area contributed by atoms with Crippen molar-refractivity contribution in [2.75, 3.05) is 29.6 Å². The zero-order valence-electron chi connectivity index (χ0n) is 20.4. The van der Waals surface area contributed by atoms with Gasteiger partial charge in [0.05, 0.1) is 17.9 Å². The zero-order chi connectivity index (χ0) is 24.9. The summed E-state index contributed by atoms with van der Waals surface area (Å²) in [4.78, 5) is 35.7. The van der Waals surface area contributed by atoms with E-state index in [0.717, 1.165) is 18.7 Å². The largest absolute Gasteiger partial charge is 0.362 e. The summed E-state index contributed by atoms with van der Waals surface area (Å²) in [5.41, 5.74) is 1.17. The fourth-order valence-electron chi connectivity index (χ4n) is 3.59. The first-order valence-corrected chi connectivity index (χ1v) is 10.0. The van der Waals surface area contributed by atoms with Gasteiger partial charge >= 0.3 is 0 Å². The summed E-state index contributed by atoms with van der Waals surface area (Å²) in [5.74, 6) is 0.839. The van der Waals surface area contributed by atoms with Crippen molar-refractivity contribution < 1.29 is 13.7 Å². The lowest BCUT2D eigenvalue weighted by atomic mass is 10.2. The van der Waals surface area contributed by atoms with Gasteiger partial charge in [-0.1, -0.05) is 0 Å². The molecule has 1 aliphatic carbocycles. The second kappa shape index (κ2) is 7.55. The van der Waals surface area contributed by atoms with Crippen LogP contribution in [0.3, 0.4) is 0 Å². The number of carbonyl (C=O) groups is 2. The van der Waals surface area contributed by atoms with Crippen molar-refractivity contribution in [3.05, 3.63) is 35.7 Å². The second-order valence-electron chi connectivity index (χ2n) is 7.71. The van der Waals surface area contributed by atoms with E-state index in [-0.39, 0.29) is 29.0 Å². The van der Waals surface area contributed by atoms with Crippen LogP contribution in [0.4, 0.5) is 22.9 Å². The monoisotopic (exact) mass is 437 g/mol. The fourth-order valence-corrected chi connectivity index (χ4v) is 3.59. The molecule has 0 bridgehead atoms. The number of hydrogen-bond donors (Lipinski definition) is 3. The highest BCUT2D eigenvalue weighted by molar-refractivity contribution is 6.00. The van der Waals surface area contributed by atoms with Gasteiger partial charge in [0.15, 0.2) is 23.2 Å². The van der Waals surface area contributed by atoms with Crippen LogP contribution in [-0.2, 0) is 11.3 Å². The van der Waals surface area contributed by atoms with Gasteiger partial charge in [-0.2, -0.15) is 4.68 Å². The molecule has 3 aromatic rings. The van der Waals surface area contributed by atoms with Crippen LogP contribution in [0.1, 0.15) is 39.1 Å². The highest BCUT2D eigenvalue weighted by Crippen LogP contribution is 2.37. The van der Waals surface area contributed by atoms with Crippen LogP contribution in [0.5, 0.6) is 0 Å². The Morgan fingerprint density at radius 1 is 1.25 bits per heavy atom. The molecule has 5 rings (SSSR count). The quantitative estimate of drug-likeness (QED) is 0.536. The number of nitrogens with zero attached hydrogens (tertiary/aromatic N) is 7. The summed E-state index contributed by atoms with van der Waals surface area (Å²) in [7, 11) is 1.87. The van der Waals surface area contributed by atoms with Crippen molar-refractivity contribution in [3.63, 3.8) is 0 Å². The van der Waals surface area contributed by atoms with E-state index in [1.165, 1.54) is 6.07 Å². The van der Waals surface area contributed by atoms with Crippen LogP contribution in [0.25, 0.3) is 5.82 Å². The SMILES string of the molecule is [2H]C([2H])([2H])NC(=O)c1nnc(NC(=O)C2CC2)cc1Nc1ccnc2c1N(C)Cc1nc(C)nn1-2. The summed E-state index contributed by atoms with van der Waals surface area (Å²) in [6, 6.07) is 3.15. The minimum Gasteiger partial charge on any atom is -0.362 e. The molecule has 0 atom stereocenters. The molecular formula is C20H22N10O2. The van der Waals surface area contributed by atoms with Crippen molar-refractivity contribution >= 4 is 34.7 Å². The molecule has 12 nitrogen and oxygen atoms in total. The number of amides is 2. The zero-order valence-corrected chi connectivity index (χ0v) is 17.4. The molecule has 164 valence electrons. The third-order valence-electron chi connectivity index (χ3n) is 5.24. The second-order valence-corrected chi connectivity index (χ2v) is 7.71. The minimum absolute atomic E-state index is 0.0621. The van der Waals surface area contributed by atoms with Crippen LogP contribution >= 0.6 is 0 Å². The van der Waals surface area contributed by atoms with E-state index in [4.69, 9.17) is 4.11 Å². The number of fused-ring (bicyclic) bond motifs is 3. The van der Waals surface area contributed by atoms with Gasteiger partial charge in [0.1, 0.15) is 11.5 Å². The topological polar surface area (TPSA) is 143 Å². The molecule has 1 aliphatic heterocycles. The Balaban J connectivity index is 1.54. The van der Waals surface area contributed by atoms with Gasteiger partial charge in [0, 0.05) is 36.3 Å². The van der Waals surface area contributed by atoms with E-state index >= 15 is 0 Å².